The molecule has 16 heavy (non-hydrogen) atoms. The highest BCUT2D eigenvalue weighted by Gasteiger charge is 2.49. The molecule has 2 aliphatic heterocycles. The first-order valence-corrected chi connectivity index (χ1v) is 7.12. The van der Waals surface area contributed by atoms with Crippen LogP contribution in [0.2, 0.25) is 0 Å². The largest absolute Gasteiger partial charge is 0.444 e. The van der Waals surface area contributed by atoms with Crippen LogP contribution in [0.4, 0.5) is 4.79 Å². The van der Waals surface area contributed by atoms with Crippen LogP contribution < -0.4 is 0 Å². The number of amides is 1. The van der Waals surface area contributed by atoms with Gasteiger partial charge in [-0.05, 0) is 46.0 Å². The van der Waals surface area contributed by atoms with Crippen LogP contribution in [0.3, 0.4) is 0 Å². The van der Waals surface area contributed by atoms with Crippen LogP contribution in [0.25, 0.3) is 0 Å². The first-order chi connectivity index (χ1) is 7.42. The number of rotatable bonds is 1. The second-order valence-corrected chi connectivity index (χ2v) is 6.48. The standard InChI is InChI=1S/C12H20BrNO2/c1-12(2,3)16-11(15)14-9-4-5-10(14)8(6-9)7-13/h8-10H,4-7H2,1-3H3/t8-,9-,10+/m1/s1. The van der Waals surface area contributed by atoms with Crippen LogP contribution in [0.1, 0.15) is 40.0 Å². The lowest BCUT2D eigenvalue weighted by Gasteiger charge is -2.28. The maximum Gasteiger partial charge on any atom is 0.410 e. The van der Waals surface area contributed by atoms with Crippen LogP contribution in [-0.2, 0) is 4.74 Å². The van der Waals surface area contributed by atoms with Crippen molar-refractivity contribution in [3.05, 3.63) is 0 Å². The summed E-state index contributed by atoms with van der Waals surface area (Å²) in [7, 11) is 0. The van der Waals surface area contributed by atoms with E-state index in [1.54, 1.807) is 0 Å². The molecular formula is C12H20BrNO2. The topological polar surface area (TPSA) is 29.5 Å². The lowest BCUT2D eigenvalue weighted by Crippen LogP contribution is -2.40. The zero-order valence-electron chi connectivity index (χ0n) is 10.2. The molecule has 0 aliphatic carbocycles. The van der Waals surface area contributed by atoms with Gasteiger partial charge in [-0.1, -0.05) is 15.9 Å². The van der Waals surface area contributed by atoms with Crippen molar-refractivity contribution < 1.29 is 9.53 Å². The number of carbonyl (C=O) groups excluding carboxylic acids is 1. The molecule has 2 fully saturated rings. The van der Waals surface area contributed by atoms with Gasteiger partial charge in [-0.25, -0.2) is 4.79 Å². The lowest BCUT2D eigenvalue weighted by atomic mass is 9.91. The second kappa shape index (κ2) is 4.21. The molecule has 0 aromatic rings. The molecule has 2 bridgehead atoms. The maximum absolute atomic E-state index is 12.1. The van der Waals surface area contributed by atoms with E-state index in [-0.39, 0.29) is 11.7 Å². The van der Waals surface area contributed by atoms with Crippen LogP contribution in [0.5, 0.6) is 0 Å². The molecule has 0 radical (unpaired) electrons. The van der Waals surface area contributed by atoms with Gasteiger partial charge in [-0.3, -0.25) is 0 Å². The third-order valence-corrected chi connectivity index (χ3v) is 4.30. The zero-order valence-corrected chi connectivity index (χ0v) is 11.8. The van der Waals surface area contributed by atoms with E-state index in [0.29, 0.717) is 18.0 Å². The molecule has 0 aromatic heterocycles. The molecule has 2 aliphatic rings. The summed E-state index contributed by atoms with van der Waals surface area (Å²) >= 11 is 3.54. The molecule has 3 nitrogen and oxygen atoms in total. The van der Waals surface area contributed by atoms with E-state index in [2.05, 4.69) is 15.9 Å². The Kier molecular flexibility index (Phi) is 3.21. The molecule has 1 amide bonds. The fourth-order valence-corrected chi connectivity index (χ4v) is 3.57. The minimum absolute atomic E-state index is 0.122. The molecule has 2 rings (SSSR count). The first kappa shape index (κ1) is 12.2. The van der Waals surface area contributed by atoms with E-state index in [4.69, 9.17) is 4.74 Å². The Labute approximate surface area is 106 Å². The smallest absolute Gasteiger partial charge is 0.410 e. The number of alkyl halides is 1. The highest BCUT2D eigenvalue weighted by Crippen LogP contribution is 2.42. The van der Waals surface area contributed by atoms with Gasteiger partial charge >= 0.3 is 6.09 Å². The third-order valence-electron chi connectivity index (χ3n) is 3.47. The van der Waals surface area contributed by atoms with E-state index in [1.807, 2.05) is 25.7 Å². The van der Waals surface area contributed by atoms with E-state index >= 15 is 0 Å². The summed E-state index contributed by atoms with van der Waals surface area (Å²) < 4.78 is 5.47. The predicted molar refractivity (Wildman–Crippen MR) is 66.8 cm³/mol. The van der Waals surface area contributed by atoms with Gasteiger partial charge in [0, 0.05) is 17.4 Å². The quantitative estimate of drug-likeness (QED) is 0.694. The molecule has 2 heterocycles. The van der Waals surface area contributed by atoms with E-state index in [0.717, 1.165) is 24.6 Å². The van der Waals surface area contributed by atoms with E-state index in [1.165, 1.54) is 0 Å². The number of ether oxygens (including phenoxy) is 1. The highest BCUT2D eigenvalue weighted by molar-refractivity contribution is 9.09. The Bertz CT molecular complexity index is 287. The maximum atomic E-state index is 12.1. The fraction of sp³-hybridized carbons (Fsp3) is 0.917. The average Bonchev–Trinajstić information content (AvgIpc) is 2.70. The monoisotopic (exact) mass is 289 g/mol. The van der Waals surface area contributed by atoms with Gasteiger partial charge in [-0.15, -0.1) is 0 Å². The van der Waals surface area contributed by atoms with Crippen molar-refractivity contribution in [2.45, 2.75) is 57.7 Å². The van der Waals surface area contributed by atoms with Crippen LogP contribution in [0.15, 0.2) is 0 Å². The Morgan fingerprint density at radius 3 is 2.62 bits per heavy atom. The van der Waals surface area contributed by atoms with Crippen molar-refractivity contribution in [3.8, 4) is 0 Å². The van der Waals surface area contributed by atoms with Gasteiger partial charge in [0.05, 0.1) is 0 Å². The van der Waals surface area contributed by atoms with Crippen LogP contribution in [0, 0.1) is 5.92 Å². The number of nitrogens with zero attached hydrogens (tertiary/aromatic N) is 1. The Morgan fingerprint density at radius 2 is 2.12 bits per heavy atom. The molecule has 4 heteroatoms. The van der Waals surface area contributed by atoms with Crippen molar-refractivity contribution >= 4 is 22.0 Å². The Hall–Kier alpha value is -0.250. The molecule has 0 spiro atoms. The van der Waals surface area contributed by atoms with E-state index in [9.17, 15) is 4.79 Å². The minimum atomic E-state index is -0.386. The number of carbonyl (C=O) groups is 1. The van der Waals surface area contributed by atoms with Crippen LogP contribution in [-0.4, -0.2) is 34.0 Å². The average molecular weight is 290 g/mol. The van der Waals surface area contributed by atoms with Gasteiger partial charge in [0.1, 0.15) is 5.60 Å². The van der Waals surface area contributed by atoms with Crippen molar-refractivity contribution in [2.75, 3.05) is 5.33 Å². The predicted octanol–water partition coefficient (Wildman–Crippen LogP) is 3.17. The number of hydrogen-bond acceptors (Lipinski definition) is 2. The molecular weight excluding hydrogens is 270 g/mol. The van der Waals surface area contributed by atoms with Crippen molar-refractivity contribution in [2.24, 2.45) is 5.92 Å². The van der Waals surface area contributed by atoms with Crippen molar-refractivity contribution in [3.63, 3.8) is 0 Å². The minimum Gasteiger partial charge on any atom is -0.444 e. The summed E-state index contributed by atoms with van der Waals surface area (Å²) in [5.41, 5.74) is -0.386. The molecule has 3 atom stereocenters. The SMILES string of the molecule is CC(C)(C)OC(=O)N1[C@@H]2CC[C@H]1[C@@H](CBr)C2. The molecule has 0 aromatic carbocycles. The molecule has 0 saturated carbocycles. The number of fused-ring (bicyclic) bond motifs is 2. The van der Waals surface area contributed by atoms with Crippen molar-refractivity contribution in [1.82, 2.24) is 4.90 Å². The van der Waals surface area contributed by atoms with Gasteiger partial charge in [-0.2, -0.15) is 0 Å². The van der Waals surface area contributed by atoms with Gasteiger partial charge in [0.25, 0.3) is 0 Å². The third kappa shape index (κ3) is 2.22. The highest BCUT2D eigenvalue weighted by atomic mass is 79.9. The number of hydrogen-bond donors (Lipinski definition) is 0. The first-order valence-electron chi connectivity index (χ1n) is 5.99. The van der Waals surface area contributed by atoms with E-state index < -0.39 is 0 Å². The molecule has 0 unspecified atom stereocenters. The zero-order chi connectivity index (χ0) is 11.9. The summed E-state index contributed by atoms with van der Waals surface area (Å²) in [4.78, 5) is 14.1. The Balaban J connectivity index is 2.03. The van der Waals surface area contributed by atoms with Gasteiger partial charge in [0.15, 0.2) is 0 Å². The molecule has 0 N–H and O–H groups in total. The number of halogens is 1. The summed E-state index contributed by atoms with van der Waals surface area (Å²) in [6.07, 6.45) is 3.30. The summed E-state index contributed by atoms with van der Waals surface area (Å²) in [5, 5.41) is 0.994. The fourth-order valence-electron chi connectivity index (χ4n) is 2.88. The normalized spacial score (nSPS) is 33.2. The van der Waals surface area contributed by atoms with Crippen molar-refractivity contribution in [1.29, 1.82) is 0 Å². The Morgan fingerprint density at radius 1 is 1.44 bits per heavy atom. The second-order valence-electron chi connectivity index (χ2n) is 5.84. The summed E-state index contributed by atoms with van der Waals surface area (Å²) in [6, 6.07) is 0.821. The molecule has 2 saturated heterocycles. The summed E-state index contributed by atoms with van der Waals surface area (Å²) in [5.74, 6) is 0.617. The lowest BCUT2D eigenvalue weighted by molar-refractivity contribution is 0.0208. The molecule has 92 valence electrons. The van der Waals surface area contributed by atoms with Gasteiger partial charge in [0.2, 0.25) is 0 Å². The van der Waals surface area contributed by atoms with Crippen LogP contribution >= 0.6 is 15.9 Å². The summed E-state index contributed by atoms with van der Waals surface area (Å²) in [6.45, 7) is 5.76. The van der Waals surface area contributed by atoms with Gasteiger partial charge < -0.3 is 9.64 Å².